The Morgan fingerprint density at radius 3 is 2.32 bits per heavy atom. The standard InChI is InChI=1S/C15H9F5O2/c16-12-6-5-10(7-13(12)17)22-8-9-3-1-2-4-11(9)14(21)15(18,19)20/h1-7H,8H2. The summed E-state index contributed by atoms with van der Waals surface area (Å²) in [6.07, 6.45) is -5.00. The summed E-state index contributed by atoms with van der Waals surface area (Å²) in [5.74, 6) is -4.26. The van der Waals surface area contributed by atoms with Crippen LogP contribution >= 0.6 is 0 Å². The molecule has 0 saturated heterocycles. The Balaban J connectivity index is 2.20. The molecule has 0 fully saturated rings. The maximum absolute atomic E-state index is 13.0. The van der Waals surface area contributed by atoms with E-state index in [-0.39, 0.29) is 17.9 Å². The van der Waals surface area contributed by atoms with Gasteiger partial charge in [-0.25, -0.2) is 8.78 Å². The fraction of sp³-hybridized carbons (Fsp3) is 0.133. The molecular formula is C15H9F5O2. The highest BCUT2D eigenvalue weighted by atomic mass is 19.4. The van der Waals surface area contributed by atoms with Crippen molar-refractivity contribution in [2.75, 3.05) is 0 Å². The van der Waals surface area contributed by atoms with Crippen LogP contribution in [0.1, 0.15) is 15.9 Å². The average molecular weight is 316 g/mol. The van der Waals surface area contributed by atoms with Gasteiger partial charge in [0.05, 0.1) is 0 Å². The number of ether oxygens (including phenoxy) is 1. The molecule has 0 saturated carbocycles. The predicted molar refractivity (Wildman–Crippen MR) is 67.5 cm³/mol. The molecule has 2 rings (SSSR count). The molecule has 0 aliphatic carbocycles. The monoisotopic (exact) mass is 316 g/mol. The number of benzene rings is 2. The van der Waals surface area contributed by atoms with Crippen LogP contribution in [0.5, 0.6) is 5.75 Å². The van der Waals surface area contributed by atoms with Gasteiger partial charge in [-0.1, -0.05) is 24.3 Å². The van der Waals surface area contributed by atoms with Crippen LogP contribution in [0.2, 0.25) is 0 Å². The minimum Gasteiger partial charge on any atom is -0.489 e. The van der Waals surface area contributed by atoms with Gasteiger partial charge in [0, 0.05) is 17.2 Å². The van der Waals surface area contributed by atoms with Crippen molar-refractivity contribution in [1.82, 2.24) is 0 Å². The normalized spacial score (nSPS) is 11.3. The van der Waals surface area contributed by atoms with Gasteiger partial charge in [-0.05, 0) is 12.1 Å². The molecule has 0 N–H and O–H groups in total. The smallest absolute Gasteiger partial charge is 0.454 e. The van der Waals surface area contributed by atoms with Gasteiger partial charge in [-0.15, -0.1) is 0 Å². The lowest BCUT2D eigenvalue weighted by Crippen LogP contribution is -2.24. The van der Waals surface area contributed by atoms with E-state index in [4.69, 9.17) is 4.74 Å². The van der Waals surface area contributed by atoms with Gasteiger partial charge in [0.2, 0.25) is 0 Å². The molecule has 22 heavy (non-hydrogen) atoms. The average Bonchev–Trinajstić information content (AvgIpc) is 2.47. The maximum atomic E-state index is 13.0. The molecule has 0 aliphatic rings. The van der Waals surface area contributed by atoms with Crippen LogP contribution in [-0.4, -0.2) is 12.0 Å². The molecule has 2 nitrogen and oxygen atoms in total. The topological polar surface area (TPSA) is 26.3 Å². The van der Waals surface area contributed by atoms with E-state index in [1.54, 1.807) is 0 Å². The number of hydrogen-bond acceptors (Lipinski definition) is 2. The Labute approximate surface area is 122 Å². The van der Waals surface area contributed by atoms with E-state index >= 15 is 0 Å². The zero-order valence-electron chi connectivity index (χ0n) is 11.0. The summed E-state index contributed by atoms with van der Waals surface area (Å²) in [5.41, 5.74) is -0.549. The van der Waals surface area contributed by atoms with Crippen molar-refractivity contribution < 1.29 is 31.5 Å². The van der Waals surface area contributed by atoms with E-state index in [9.17, 15) is 26.7 Å². The highest BCUT2D eigenvalue weighted by Crippen LogP contribution is 2.24. The molecule has 0 aromatic heterocycles. The molecule has 7 heteroatoms. The summed E-state index contributed by atoms with van der Waals surface area (Å²) in [5, 5.41) is 0. The second-order valence-corrected chi connectivity index (χ2v) is 4.35. The summed E-state index contributed by atoms with van der Waals surface area (Å²) in [4.78, 5) is 11.3. The van der Waals surface area contributed by atoms with Gasteiger partial charge in [-0.2, -0.15) is 13.2 Å². The molecule has 0 atom stereocenters. The SMILES string of the molecule is O=C(c1ccccc1COc1ccc(F)c(F)c1)C(F)(F)F. The molecule has 116 valence electrons. The summed E-state index contributed by atoms with van der Waals surface area (Å²) >= 11 is 0. The first-order valence-electron chi connectivity index (χ1n) is 6.06. The molecule has 0 heterocycles. The molecule has 0 amide bonds. The van der Waals surface area contributed by atoms with Crippen molar-refractivity contribution >= 4 is 5.78 Å². The number of ketones is 1. The molecule has 0 unspecified atom stereocenters. The zero-order chi connectivity index (χ0) is 16.3. The number of halogens is 5. The number of Topliss-reactive ketones (excluding diaryl/α,β-unsaturated/α-hetero) is 1. The van der Waals surface area contributed by atoms with Crippen LogP contribution in [0.4, 0.5) is 22.0 Å². The van der Waals surface area contributed by atoms with Gasteiger partial charge < -0.3 is 4.74 Å². The van der Waals surface area contributed by atoms with Gasteiger partial charge in [-0.3, -0.25) is 4.79 Å². The predicted octanol–water partition coefficient (Wildman–Crippen LogP) is 4.29. The van der Waals surface area contributed by atoms with Crippen LogP contribution in [0.3, 0.4) is 0 Å². The number of alkyl halides is 3. The van der Waals surface area contributed by atoms with E-state index in [0.717, 1.165) is 24.3 Å². The number of carbonyl (C=O) groups is 1. The fourth-order valence-electron chi connectivity index (χ4n) is 1.75. The zero-order valence-corrected chi connectivity index (χ0v) is 11.0. The van der Waals surface area contributed by atoms with Crippen LogP contribution in [0, 0.1) is 11.6 Å². The lowest BCUT2D eigenvalue weighted by Gasteiger charge is -2.12. The van der Waals surface area contributed by atoms with E-state index in [2.05, 4.69) is 0 Å². The van der Waals surface area contributed by atoms with Crippen molar-refractivity contribution in [1.29, 1.82) is 0 Å². The summed E-state index contributed by atoms with van der Waals surface area (Å²) < 4.78 is 68.4. The van der Waals surface area contributed by atoms with Crippen molar-refractivity contribution in [2.24, 2.45) is 0 Å². The largest absolute Gasteiger partial charge is 0.489 e. The third kappa shape index (κ3) is 3.60. The summed E-state index contributed by atoms with van der Waals surface area (Å²) in [7, 11) is 0. The second kappa shape index (κ2) is 6.13. The van der Waals surface area contributed by atoms with Crippen molar-refractivity contribution in [2.45, 2.75) is 12.8 Å². The minimum atomic E-state index is -5.00. The first-order valence-corrected chi connectivity index (χ1v) is 6.06. The van der Waals surface area contributed by atoms with Gasteiger partial charge >= 0.3 is 6.18 Å². The van der Waals surface area contributed by atoms with E-state index < -0.39 is 29.2 Å². The minimum absolute atomic E-state index is 0.00504. The Bertz CT molecular complexity index is 695. The van der Waals surface area contributed by atoms with Crippen molar-refractivity contribution in [3.05, 3.63) is 65.2 Å². The van der Waals surface area contributed by atoms with Gasteiger partial charge in [0.25, 0.3) is 5.78 Å². The maximum Gasteiger partial charge on any atom is 0.454 e. The molecule has 0 bridgehead atoms. The molecule has 0 aliphatic heterocycles. The van der Waals surface area contributed by atoms with Crippen LogP contribution in [0.15, 0.2) is 42.5 Å². The molecule has 0 spiro atoms. The summed E-state index contributed by atoms with van der Waals surface area (Å²) in [6.45, 7) is -0.386. The van der Waals surface area contributed by atoms with Crippen molar-refractivity contribution in [3.8, 4) is 5.75 Å². The number of rotatable bonds is 4. The third-order valence-electron chi connectivity index (χ3n) is 2.80. The molecule has 0 radical (unpaired) electrons. The highest BCUT2D eigenvalue weighted by Gasteiger charge is 2.40. The van der Waals surface area contributed by atoms with E-state index in [1.807, 2.05) is 0 Å². The van der Waals surface area contributed by atoms with Crippen LogP contribution in [0.25, 0.3) is 0 Å². The third-order valence-corrected chi connectivity index (χ3v) is 2.80. The van der Waals surface area contributed by atoms with Crippen LogP contribution < -0.4 is 4.74 Å². The quantitative estimate of drug-likeness (QED) is 0.621. The molecule has 2 aromatic rings. The Kier molecular flexibility index (Phi) is 4.44. The number of hydrogen-bond donors (Lipinski definition) is 0. The number of carbonyl (C=O) groups excluding carboxylic acids is 1. The van der Waals surface area contributed by atoms with E-state index in [1.165, 1.54) is 18.2 Å². The first-order chi connectivity index (χ1) is 10.3. The second-order valence-electron chi connectivity index (χ2n) is 4.35. The Morgan fingerprint density at radius 1 is 1.00 bits per heavy atom. The van der Waals surface area contributed by atoms with Gasteiger partial charge in [0.1, 0.15) is 12.4 Å². The fourth-order valence-corrected chi connectivity index (χ4v) is 1.75. The van der Waals surface area contributed by atoms with Gasteiger partial charge in [0.15, 0.2) is 11.6 Å². The van der Waals surface area contributed by atoms with Crippen LogP contribution in [-0.2, 0) is 6.61 Å². The highest BCUT2D eigenvalue weighted by molar-refractivity contribution is 6.01. The lowest BCUT2D eigenvalue weighted by molar-refractivity contribution is -0.0886. The first kappa shape index (κ1) is 15.9. The van der Waals surface area contributed by atoms with Crippen molar-refractivity contribution in [3.63, 3.8) is 0 Å². The molecular weight excluding hydrogens is 307 g/mol. The molecule has 2 aromatic carbocycles. The lowest BCUT2D eigenvalue weighted by atomic mass is 10.0. The Morgan fingerprint density at radius 2 is 1.68 bits per heavy atom. The van der Waals surface area contributed by atoms with E-state index in [0.29, 0.717) is 0 Å². The Hall–Kier alpha value is -2.44. The summed E-state index contributed by atoms with van der Waals surface area (Å²) in [6, 6.07) is 7.78.